The Bertz CT molecular complexity index is 361. The molecule has 0 saturated heterocycles. The van der Waals surface area contributed by atoms with E-state index in [-0.39, 0.29) is 5.91 Å². The molecule has 1 aromatic rings. The Hall–Kier alpha value is -1.35. The van der Waals surface area contributed by atoms with Crippen LogP contribution in [-0.4, -0.2) is 24.4 Å². The van der Waals surface area contributed by atoms with Gasteiger partial charge in [-0.05, 0) is 24.1 Å². The first-order chi connectivity index (χ1) is 7.49. The van der Waals surface area contributed by atoms with Gasteiger partial charge in [-0.15, -0.1) is 0 Å². The second kappa shape index (κ2) is 5.66. The third-order valence-corrected chi connectivity index (χ3v) is 2.50. The van der Waals surface area contributed by atoms with E-state index in [0.29, 0.717) is 12.5 Å². The van der Waals surface area contributed by atoms with Crippen LogP contribution in [0, 0.1) is 0 Å². The summed E-state index contributed by atoms with van der Waals surface area (Å²) in [6.07, 6.45) is 0. The van der Waals surface area contributed by atoms with Crippen molar-refractivity contribution in [3.05, 3.63) is 35.4 Å². The highest BCUT2D eigenvalue weighted by atomic mass is 16.1. The minimum absolute atomic E-state index is 0.289. The van der Waals surface area contributed by atoms with Crippen molar-refractivity contribution in [2.75, 3.05) is 13.6 Å². The van der Waals surface area contributed by atoms with Crippen LogP contribution < -0.4 is 5.73 Å². The summed E-state index contributed by atoms with van der Waals surface area (Å²) < 4.78 is 0. The highest BCUT2D eigenvalue weighted by Gasteiger charge is 2.05. The van der Waals surface area contributed by atoms with E-state index in [0.717, 1.165) is 6.54 Å². The summed E-state index contributed by atoms with van der Waals surface area (Å²) in [5.41, 5.74) is 7.69. The molecular formula is C13H20N2O. The predicted octanol–water partition coefficient (Wildman–Crippen LogP) is 1.73. The van der Waals surface area contributed by atoms with Crippen LogP contribution in [0.5, 0.6) is 0 Å². The van der Waals surface area contributed by atoms with Gasteiger partial charge in [0.2, 0.25) is 5.91 Å². The van der Waals surface area contributed by atoms with Crippen LogP contribution in [0.15, 0.2) is 24.3 Å². The molecule has 0 fully saturated rings. The van der Waals surface area contributed by atoms with E-state index in [9.17, 15) is 4.79 Å². The number of likely N-dealkylation sites (N-methyl/N-ethyl adjacent to an activating group) is 1. The van der Waals surface area contributed by atoms with Crippen molar-refractivity contribution in [3.8, 4) is 0 Å². The summed E-state index contributed by atoms with van der Waals surface area (Å²) in [5, 5.41) is 0. The van der Waals surface area contributed by atoms with Crippen molar-refractivity contribution in [1.82, 2.24) is 4.90 Å². The molecule has 0 radical (unpaired) electrons. The summed E-state index contributed by atoms with van der Waals surface area (Å²) in [7, 11) is 1.90. The van der Waals surface area contributed by atoms with Crippen LogP contribution in [-0.2, 0) is 11.3 Å². The smallest absolute Gasteiger partial charge is 0.231 e. The van der Waals surface area contributed by atoms with Gasteiger partial charge >= 0.3 is 0 Å². The Morgan fingerprint density at radius 3 is 2.69 bits per heavy atom. The number of rotatable bonds is 5. The molecule has 0 unspecified atom stereocenters. The molecule has 0 saturated carbocycles. The monoisotopic (exact) mass is 220 g/mol. The second-order valence-electron chi connectivity index (χ2n) is 4.54. The molecule has 0 aliphatic carbocycles. The maximum atomic E-state index is 10.8. The third-order valence-electron chi connectivity index (χ3n) is 2.50. The molecule has 0 heterocycles. The number of amides is 1. The predicted molar refractivity (Wildman–Crippen MR) is 66.1 cm³/mol. The first-order valence-electron chi connectivity index (χ1n) is 5.54. The highest BCUT2D eigenvalue weighted by molar-refractivity contribution is 5.75. The molecule has 0 aliphatic heterocycles. The van der Waals surface area contributed by atoms with E-state index >= 15 is 0 Å². The first kappa shape index (κ1) is 12.7. The van der Waals surface area contributed by atoms with E-state index in [2.05, 4.69) is 38.1 Å². The Balaban J connectivity index is 2.66. The minimum atomic E-state index is -0.289. The van der Waals surface area contributed by atoms with Crippen LogP contribution in [0.4, 0.5) is 0 Å². The molecular weight excluding hydrogens is 200 g/mol. The number of nitrogens with zero attached hydrogens (tertiary/aromatic N) is 1. The van der Waals surface area contributed by atoms with Crippen LogP contribution >= 0.6 is 0 Å². The van der Waals surface area contributed by atoms with Gasteiger partial charge in [0.05, 0.1) is 6.54 Å². The average Bonchev–Trinajstić information content (AvgIpc) is 2.16. The molecule has 2 N–H and O–H groups in total. The summed E-state index contributed by atoms with van der Waals surface area (Å²) >= 11 is 0. The summed E-state index contributed by atoms with van der Waals surface area (Å²) in [6.45, 7) is 5.40. The molecule has 88 valence electrons. The van der Waals surface area contributed by atoms with Gasteiger partial charge in [0.1, 0.15) is 0 Å². The fraction of sp³-hybridized carbons (Fsp3) is 0.462. The lowest BCUT2D eigenvalue weighted by atomic mass is 10.0. The lowest BCUT2D eigenvalue weighted by Gasteiger charge is -2.15. The number of carbonyl (C=O) groups excluding carboxylic acids is 1. The maximum absolute atomic E-state index is 10.8. The Labute approximate surface area is 97.2 Å². The second-order valence-corrected chi connectivity index (χ2v) is 4.54. The number of benzene rings is 1. The molecule has 1 amide bonds. The molecule has 0 aromatic heterocycles. The van der Waals surface area contributed by atoms with Gasteiger partial charge in [0, 0.05) is 6.54 Å². The summed E-state index contributed by atoms with van der Waals surface area (Å²) in [5.74, 6) is 0.240. The minimum Gasteiger partial charge on any atom is -0.369 e. The van der Waals surface area contributed by atoms with Crippen molar-refractivity contribution >= 4 is 5.91 Å². The van der Waals surface area contributed by atoms with Gasteiger partial charge in [0.15, 0.2) is 0 Å². The van der Waals surface area contributed by atoms with Crippen molar-refractivity contribution in [3.63, 3.8) is 0 Å². The molecule has 0 bridgehead atoms. The van der Waals surface area contributed by atoms with Crippen molar-refractivity contribution in [2.45, 2.75) is 26.3 Å². The van der Waals surface area contributed by atoms with Crippen LogP contribution in [0.25, 0.3) is 0 Å². The average molecular weight is 220 g/mol. The van der Waals surface area contributed by atoms with E-state index < -0.39 is 0 Å². The van der Waals surface area contributed by atoms with Gasteiger partial charge in [-0.2, -0.15) is 0 Å². The van der Waals surface area contributed by atoms with Crippen molar-refractivity contribution in [2.24, 2.45) is 5.73 Å². The molecule has 0 spiro atoms. The molecule has 3 nitrogen and oxygen atoms in total. The van der Waals surface area contributed by atoms with E-state index in [1.165, 1.54) is 11.1 Å². The first-order valence-corrected chi connectivity index (χ1v) is 5.54. The van der Waals surface area contributed by atoms with Gasteiger partial charge in [-0.25, -0.2) is 0 Å². The zero-order valence-electron chi connectivity index (χ0n) is 10.2. The fourth-order valence-electron chi connectivity index (χ4n) is 1.68. The fourth-order valence-corrected chi connectivity index (χ4v) is 1.68. The van der Waals surface area contributed by atoms with Crippen LogP contribution in [0.3, 0.4) is 0 Å². The summed E-state index contributed by atoms with van der Waals surface area (Å²) in [6, 6.07) is 8.44. The van der Waals surface area contributed by atoms with Gasteiger partial charge in [-0.3, -0.25) is 9.69 Å². The number of carbonyl (C=O) groups is 1. The summed E-state index contributed by atoms with van der Waals surface area (Å²) in [4.78, 5) is 12.7. The van der Waals surface area contributed by atoms with Crippen LogP contribution in [0.1, 0.15) is 30.9 Å². The molecule has 0 aliphatic rings. The van der Waals surface area contributed by atoms with Gasteiger partial charge in [0.25, 0.3) is 0 Å². The SMILES string of the molecule is CC(C)c1cccc(CN(C)CC(N)=O)c1. The van der Waals surface area contributed by atoms with Crippen molar-refractivity contribution in [1.29, 1.82) is 0 Å². The Morgan fingerprint density at radius 1 is 1.44 bits per heavy atom. The zero-order chi connectivity index (χ0) is 12.1. The van der Waals surface area contributed by atoms with Gasteiger partial charge in [-0.1, -0.05) is 38.1 Å². The highest BCUT2D eigenvalue weighted by Crippen LogP contribution is 2.16. The molecule has 1 rings (SSSR count). The van der Waals surface area contributed by atoms with Crippen LogP contribution in [0.2, 0.25) is 0 Å². The third kappa shape index (κ3) is 4.03. The normalized spacial score (nSPS) is 11.1. The lowest BCUT2D eigenvalue weighted by molar-refractivity contribution is -0.118. The quantitative estimate of drug-likeness (QED) is 0.821. The zero-order valence-corrected chi connectivity index (χ0v) is 10.2. The molecule has 1 aromatic carbocycles. The number of primary amides is 1. The Kier molecular flexibility index (Phi) is 4.50. The molecule has 0 atom stereocenters. The maximum Gasteiger partial charge on any atom is 0.231 e. The van der Waals surface area contributed by atoms with Crippen molar-refractivity contribution < 1.29 is 4.79 Å². The topological polar surface area (TPSA) is 46.3 Å². The number of hydrogen-bond donors (Lipinski definition) is 1. The molecule has 16 heavy (non-hydrogen) atoms. The standard InChI is InChI=1S/C13H20N2O/c1-10(2)12-6-4-5-11(7-12)8-15(3)9-13(14)16/h4-7,10H,8-9H2,1-3H3,(H2,14,16). The largest absolute Gasteiger partial charge is 0.369 e. The van der Waals surface area contributed by atoms with E-state index in [1.807, 2.05) is 11.9 Å². The Morgan fingerprint density at radius 2 is 2.12 bits per heavy atom. The number of nitrogens with two attached hydrogens (primary N) is 1. The van der Waals surface area contributed by atoms with E-state index in [1.54, 1.807) is 0 Å². The lowest BCUT2D eigenvalue weighted by Crippen LogP contribution is -2.30. The molecule has 3 heteroatoms. The van der Waals surface area contributed by atoms with E-state index in [4.69, 9.17) is 5.73 Å². The van der Waals surface area contributed by atoms with Gasteiger partial charge < -0.3 is 5.73 Å². The number of hydrogen-bond acceptors (Lipinski definition) is 2.